The molecule has 0 saturated carbocycles. The zero-order valence-electron chi connectivity index (χ0n) is 13.1. The highest BCUT2D eigenvalue weighted by Crippen LogP contribution is 2.31. The standard InChI is InChI=1S/C15H20F3N3O2/c1-19(23-2)14(22)11-20-6-8-21(9-7-20)13-5-3-4-12(10-13)15(16,17)18/h3-5,10H,6-9,11H2,1-2H3. The number of hydroxylamine groups is 2. The zero-order chi connectivity index (χ0) is 17.0. The molecule has 1 heterocycles. The molecule has 128 valence electrons. The van der Waals surface area contributed by atoms with E-state index < -0.39 is 11.7 Å². The maximum Gasteiger partial charge on any atom is 0.416 e. The molecule has 1 aliphatic heterocycles. The lowest BCUT2D eigenvalue weighted by Crippen LogP contribution is -2.49. The Kier molecular flexibility index (Phi) is 5.48. The Labute approximate surface area is 133 Å². The highest BCUT2D eigenvalue weighted by atomic mass is 19.4. The Morgan fingerprint density at radius 3 is 2.48 bits per heavy atom. The Balaban J connectivity index is 1.93. The molecule has 0 spiro atoms. The molecule has 1 amide bonds. The van der Waals surface area contributed by atoms with E-state index >= 15 is 0 Å². The third kappa shape index (κ3) is 4.59. The normalized spacial score (nSPS) is 16.5. The molecule has 0 bridgehead atoms. The number of anilines is 1. The lowest BCUT2D eigenvalue weighted by atomic mass is 10.1. The molecule has 1 fully saturated rings. The van der Waals surface area contributed by atoms with Crippen LogP contribution in [0.15, 0.2) is 24.3 Å². The topological polar surface area (TPSA) is 36.0 Å². The van der Waals surface area contributed by atoms with Gasteiger partial charge >= 0.3 is 6.18 Å². The van der Waals surface area contributed by atoms with Gasteiger partial charge in [0.2, 0.25) is 0 Å². The molecule has 1 aliphatic rings. The molecule has 1 aromatic carbocycles. The van der Waals surface area contributed by atoms with E-state index in [1.165, 1.54) is 24.3 Å². The molecule has 23 heavy (non-hydrogen) atoms. The summed E-state index contributed by atoms with van der Waals surface area (Å²) in [5, 5.41) is 1.17. The lowest BCUT2D eigenvalue weighted by Gasteiger charge is -2.36. The monoisotopic (exact) mass is 331 g/mol. The fourth-order valence-corrected chi connectivity index (χ4v) is 2.44. The predicted octanol–water partition coefficient (Wildman–Crippen LogP) is 1.85. The number of hydrogen-bond acceptors (Lipinski definition) is 4. The third-order valence-electron chi connectivity index (χ3n) is 3.89. The molecule has 5 nitrogen and oxygen atoms in total. The van der Waals surface area contributed by atoms with Crippen LogP contribution in [0.4, 0.5) is 18.9 Å². The minimum Gasteiger partial charge on any atom is -0.369 e. The van der Waals surface area contributed by atoms with Crippen molar-refractivity contribution in [2.75, 3.05) is 51.8 Å². The van der Waals surface area contributed by atoms with Crippen LogP contribution in [0.5, 0.6) is 0 Å². The quantitative estimate of drug-likeness (QED) is 0.789. The smallest absolute Gasteiger partial charge is 0.369 e. The molecule has 0 N–H and O–H groups in total. The lowest BCUT2D eigenvalue weighted by molar-refractivity contribution is -0.169. The van der Waals surface area contributed by atoms with Gasteiger partial charge in [-0.15, -0.1) is 0 Å². The van der Waals surface area contributed by atoms with Gasteiger partial charge in [0.05, 0.1) is 19.2 Å². The van der Waals surface area contributed by atoms with Gasteiger partial charge in [-0.2, -0.15) is 13.2 Å². The molecule has 0 atom stereocenters. The van der Waals surface area contributed by atoms with Crippen molar-refractivity contribution in [3.05, 3.63) is 29.8 Å². The van der Waals surface area contributed by atoms with Crippen LogP contribution in [-0.4, -0.2) is 62.8 Å². The second-order valence-corrected chi connectivity index (χ2v) is 5.39. The van der Waals surface area contributed by atoms with E-state index in [1.54, 1.807) is 13.1 Å². The molecule has 1 aromatic rings. The van der Waals surface area contributed by atoms with E-state index in [0.29, 0.717) is 31.9 Å². The highest BCUT2D eigenvalue weighted by Gasteiger charge is 2.31. The van der Waals surface area contributed by atoms with Crippen molar-refractivity contribution in [1.82, 2.24) is 9.96 Å². The molecule has 8 heteroatoms. The van der Waals surface area contributed by atoms with E-state index in [0.717, 1.165) is 6.07 Å². The number of carbonyl (C=O) groups is 1. The summed E-state index contributed by atoms with van der Waals surface area (Å²) in [4.78, 5) is 20.5. The third-order valence-corrected chi connectivity index (χ3v) is 3.89. The van der Waals surface area contributed by atoms with Gasteiger partial charge in [0.15, 0.2) is 0 Å². The Morgan fingerprint density at radius 2 is 1.91 bits per heavy atom. The summed E-state index contributed by atoms with van der Waals surface area (Å²) < 4.78 is 38.3. The Bertz CT molecular complexity index is 543. The molecule has 0 unspecified atom stereocenters. The first-order chi connectivity index (χ1) is 10.8. The minimum absolute atomic E-state index is 0.153. The number of amides is 1. The minimum atomic E-state index is -4.34. The summed E-state index contributed by atoms with van der Waals surface area (Å²) >= 11 is 0. The summed E-state index contributed by atoms with van der Waals surface area (Å²) in [6.45, 7) is 2.61. The van der Waals surface area contributed by atoms with Gasteiger partial charge in [0.25, 0.3) is 5.91 Å². The maximum absolute atomic E-state index is 12.8. The molecule has 0 aromatic heterocycles. The number of carbonyl (C=O) groups excluding carboxylic acids is 1. The first-order valence-corrected chi connectivity index (χ1v) is 7.26. The summed E-state index contributed by atoms with van der Waals surface area (Å²) in [5.74, 6) is -0.153. The average Bonchev–Trinajstić information content (AvgIpc) is 2.54. The van der Waals surface area contributed by atoms with Crippen molar-refractivity contribution in [3.63, 3.8) is 0 Å². The second-order valence-electron chi connectivity index (χ2n) is 5.39. The first kappa shape index (κ1) is 17.6. The van der Waals surface area contributed by atoms with Gasteiger partial charge < -0.3 is 4.90 Å². The Hall–Kier alpha value is -1.80. The van der Waals surface area contributed by atoms with Crippen LogP contribution in [0.2, 0.25) is 0 Å². The molecule has 0 aliphatic carbocycles. The van der Waals surface area contributed by atoms with E-state index in [-0.39, 0.29) is 12.5 Å². The van der Waals surface area contributed by atoms with Gasteiger partial charge in [-0.1, -0.05) is 6.07 Å². The van der Waals surface area contributed by atoms with Crippen molar-refractivity contribution < 1.29 is 22.8 Å². The van der Waals surface area contributed by atoms with Crippen LogP contribution in [0.25, 0.3) is 0 Å². The number of nitrogens with zero attached hydrogens (tertiary/aromatic N) is 3. The summed E-state index contributed by atoms with van der Waals surface area (Å²) in [6, 6.07) is 5.33. The largest absolute Gasteiger partial charge is 0.416 e. The number of likely N-dealkylation sites (N-methyl/N-ethyl adjacent to an activating group) is 1. The van der Waals surface area contributed by atoms with E-state index in [4.69, 9.17) is 4.84 Å². The van der Waals surface area contributed by atoms with Crippen LogP contribution in [0.1, 0.15) is 5.56 Å². The van der Waals surface area contributed by atoms with Crippen LogP contribution in [0, 0.1) is 0 Å². The average molecular weight is 331 g/mol. The molecule has 2 rings (SSSR count). The second kappa shape index (κ2) is 7.18. The fraction of sp³-hybridized carbons (Fsp3) is 0.533. The van der Waals surface area contributed by atoms with Crippen LogP contribution >= 0.6 is 0 Å². The highest BCUT2D eigenvalue weighted by molar-refractivity contribution is 5.76. The van der Waals surface area contributed by atoms with Gasteiger partial charge in [-0.3, -0.25) is 14.5 Å². The number of halogens is 3. The summed E-state index contributed by atoms with van der Waals surface area (Å²) in [5.41, 5.74) is -0.0888. The summed E-state index contributed by atoms with van der Waals surface area (Å²) in [7, 11) is 2.96. The van der Waals surface area contributed by atoms with Crippen molar-refractivity contribution in [1.29, 1.82) is 0 Å². The van der Waals surface area contributed by atoms with E-state index in [1.807, 2.05) is 9.80 Å². The van der Waals surface area contributed by atoms with Gasteiger partial charge in [-0.05, 0) is 18.2 Å². The maximum atomic E-state index is 12.8. The Morgan fingerprint density at radius 1 is 1.26 bits per heavy atom. The predicted molar refractivity (Wildman–Crippen MR) is 79.9 cm³/mol. The molecular formula is C15H20F3N3O2. The zero-order valence-corrected chi connectivity index (χ0v) is 13.1. The van der Waals surface area contributed by atoms with Gasteiger partial charge in [-0.25, -0.2) is 5.06 Å². The van der Waals surface area contributed by atoms with Crippen molar-refractivity contribution >= 4 is 11.6 Å². The van der Waals surface area contributed by atoms with Crippen LogP contribution < -0.4 is 4.90 Å². The first-order valence-electron chi connectivity index (χ1n) is 7.26. The molecular weight excluding hydrogens is 311 g/mol. The number of piperazine rings is 1. The SMILES string of the molecule is CON(C)C(=O)CN1CCN(c2cccc(C(F)(F)F)c2)CC1. The van der Waals surface area contributed by atoms with Crippen molar-refractivity contribution in [3.8, 4) is 0 Å². The fourth-order valence-electron chi connectivity index (χ4n) is 2.44. The molecule has 0 radical (unpaired) electrons. The van der Waals surface area contributed by atoms with Crippen molar-refractivity contribution in [2.45, 2.75) is 6.18 Å². The number of benzene rings is 1. The van der Waals surface area contributed by atoms with Crippen LogP contribution in [-0.2, 0) is 15.8 Å². The van der Waals surface area contributed by atoms with Gasteiger partial charge in [0, 0.05) is 38.9 Å². The van der Waals surface area contributed by atoms with E-state index in [9.17, 15) is 18.0 Å². The molecule has 1 saturated heterocycles. The van der Waals surface area contributed by atoms with E-state index in [2.05, 4.69) is 0 Å². The summed E-state index contributed by atoms with van der Waals surface area (Å²) in [6.07, 6.45) is -4.34. The number of hydrogen-bond donors (Lipinski definition) is 0. The van der Waals surface area contributed by atoms with Crippen LogP contribution in [0.3, 0.4) is 0 Å². The van der Waals surface area contributed by atoms with Gasteiger partial charge in [0.1, 0.15) is 0 Å². The van der Waals surface area contributed by atoms with Crippen molar-refractivity contribution in [2.24, 2.45) is 0 Å². The number of rotatable bonds is 4. The number of alkyl halides is 3.